The summed E-state index contributed by atoms with van der Waals surface area (Å²) in [5, 5.41) is 11.0. The van der Waals surface area contributed by atoms with E-state index in [1.165, 1.54) is 19.2 Å². The summed E-state index contributed by atoms with van der Waals surface area (Å²) in [4.78, 5) is 23.2. The molecule has 0 N–H and O–H groups in total. The van der Waals surface area contributed by atoms with Gasteiger partial charge in [-0.2, -0.15) is 4.39 Å². The third-order valence-corrected chi connectivity index (χ3v) is 3.25. The van der Waals surface area contributed by atoms with Crippen molar-refractivity contribution in [1.82, 2.24) is 0 Å². The Hall–Kier alpha value is -2.22. The first-order valence-corrected chi connectivity index (χ1v) is 6.39. The van der Waals surface area contributed by atoms with Gasteiger partial charge < -0.3 is 14.4 Å². The van der Waals surface area contributed by atoms with Crippen molar-refractivity contribution in [2.75, 3.05) is 31.7 Å². The van der Waals surface area contributed by atoms with Gasteiger partial charge in [-0.1, -0.05) is 6.07 Å². The number of nitrogens with zero attached hydrogens (tertiary/aromatic N) is 2. The second-order valence-corrected chi connectivity index (χ2v) is 4.58. The Morgan fingerprint density at radius 2 is 2.38 bits per heavy atom. The van der Waals surface area contributed by atoms with E-state index in [1.807, 2.05) is 0 Å². The van der Waals surface area contributed by atoms with E-state index in [0.29, 0.717) is 13.2 Å². The van der Waals surface area contributed by atoms with Crippen LogP contribution in [-0.4, -0.2) is 43.8 Å². The summed E-state index contributed by atoms with van der Waals surface area (Å²) >= 11 is 0. The van der Waals surface area contributed by atoms with Crippen LogP contribution in [0.3, 0.4) is 0 Å². The molecule has 21 heavy (non-hydrogen) atoms. The fourth-order valence-corrected chi connectivity index (χ4v) is 2.27. The van der Waals surface area contributed by atoms with Crippen molar-refractivity contribution in [3.63, 3.8) is 0 Å². The topological polar surface area (TPSA) is 81.9 Å². The number of methoxy groups -OCH3 is 1. The highest BCUT2D eigenvalue weighted by Gasteiger charge is 2.29. The van der Waals surface area contributed by atoms with E-state index in [4.69, 9.17) is 4.74 Å². The summed E-state index contributed by atoms with van der Waals surface area (Å²) in [5.41, 5.74) is -0.366. The van der Waals surface area contributed by atoms with Crippen molar-refractivity contribution < 1.29 is 23.6 Å². The number of esters is 1. The minimum atomic E-state index is -0.881. The van der Waals surface area contributed by atoms with Gasteiger partial charge in [-0.25, -0.2) is 0 Å². The Labute approximate surface area is 120 Å². The van der Waals surface area contributed by atoms with E-state index in [1.54, 1.807) is 4.90 Å². The Morgan fingerprint density at radius 3 is 3.05 bits per heavy atom. The molecule has 1 unspecified atom stereocenters. The third-order valence-electron chi connectivity index (χ3n) is 3.25. The summed E-state index contributed by atoms with van der Waals surface area (Å²) < 4.78 is 23.6. The highest BCUT2D eigenvalue weighted by atomic mass is 19.1. The lowest BCUT2D eigenvalue weighted by Gasteiger charge is -2.33. The fourth-order valence-electron chi connectivity index (χ4n) is 2.27. The number of ether oxygens (including phenoxy) is 2. The molecule has 0 bridgehead atoms. The predicted molar refractivity (Wildman–Crippen MR) is 71.6 cm³/mol. The lowest BCUT2D eigenvalue weighted by Crippen LogP contribution is -2.43. The van der Waals surface area contributed by atoms with Crippen LogP contribution in [0, 0.1) is 15.9 Å². The Kier molecular flexibility index (Phi) is 4.69. The summed E-state index contributed by atoms with van der Waals surface area (Å²) in [6.45, 7) is 0.955. The molecule has 1 fully saturated rings. The number of rotatable bonds is 4. The van der Waals surface area contributed by atoms with Gasteiger partial charge in [-0.15, -0.1) is 0 Å². The van der Waals surface area contributed by atoms with Gasteiger partial charge in [-0.3, -0.25) is 14.9 Å². The molecule has 1 atom stereocenters. The number of nitro benzene ring substituents is 1. The van der Waals surface area contributed by atoms with Crippen LogP contribution in [0.1, 0.15) is 6.42 Å². The lowest BCUT2D eigenvalue weighted by atomic mass is 10.1. The van der Waals surface area contributed by atoms with Crippen LogP contribution in [0.5, 0.6) is 0 Å². The molecular weight excluding hydrogens is 283 g/mol. The molecule has 1 aliphatic rings. The van der Waals surface area contributed by atoms with Gasteiger partial charge in [0, 0.05) is 13.1 Å². The molecule has 1 aromatic rings. The molecule has 0 aromatic heterocycles. The normalized spacial score (nSPS) is 18.4. The molecule has 0 saturated carbocycles. The quantitative estimate of drug-likeness (QED) is 0.476. The summed E-state index contributed by atoms with van der Waals surface area (Å²) in [7, 11) is 1.28. The number of nitro groups is 1. The molecule has 1 heterocycles. The first-order chi connectivity index (χ1) is 10.0. The first kappa shape index (κ1) is 15.2. The number of benzene rings is 1. The van der Waals surface area contributed by atoms with Gasteiger partial charge in [0.05, 0.1) is 31.2 Å². The van der Waals surface area contributed by atoms with Gasteiger partial charge in [-0.05, 0) is 12.1 Å². The smallest absolute Gasteiger partial charge is 0.327 e. The maximum Gasteiger partial charge on any atom is 0.327 e. The first-order valence-electron chi connectivity index (χ1n) is 6.39. The van der Waals surface area contributed by atoms with Crippen molar-refractivity contribution >= 4 is 17.3 Å². The van der Waals surface area contributed by atoms with Crippen molar-refractivity contribution in [3.05, 3.63) is 34.1 Å². The number of hydrogen-bond acceptors (Lipinski definition) is 6. The number of morpholine rings is 1. The van der Waals surface area contributed by atoms with Crippen LogP contribution in [0.2, 0.25) is 0 Å². The third kappa shape index (κ3) is 3.46. The second kappa shape index (κ2) is 6.49. The lowest BCUT2D eigenvalue weighted by molar-refractivity contribution is -0.386. The number of carbonyl (C=O) groups excluding carboxylic acids is 1. The van der Waals surface area contributed by atoms with Gasteiger partial charge in [0.2, 0.25) is 5.82 Å². The number of halogens is 1. The maximum atomic E-state index is 13.6. The fraction of sp³-hybridized carbons (Fsp3) is 0.462. The molecule has 2 rings (SSSR count). The van der Waals surface area contributed by atoms with Crippen molar-refractivity contribution in [2.24, 2.45) is 0 Å². The number of para-hydroxylation sites is 1. The summed E-state index contributed by atoms with van der Waals surface area (Å²) in [6, 6.07) is 3.96. The van der Waals surface area contributed by atoms with Crippen molar-refractivity contribution in [1.29, 1.82) is 0 Å². The molecule has 0 radical (unpaired) electrons. The second-order valence-electron chi connectivity index (χ2n) is 4.58. The minimum Gasteiger partial charge on any atom is -0.469 e. The van der Waals surface area contributed by atoms with E-state index < -0.39 is 28.5 Å². The molecule has 114 valence electrons. The maximum absolute atomic E-state index is 13.6. The highest BCUT2D eigenvalue weighted by molar-refractivity contribution is 5.70. The van der Waals surface area contributed by atoms with E-state index in [-0.39, 0.29) is 18.7 Å². The van der Waals surface area contributed by atoms with E-state index >= 15 is 0 Å². The SMILES string of the molecule is COC(=O)CC1CN(c2cccc(F)c2[N+](=O)[O-])CCO1. The zero-order valence-corrected chi connectivity index (χ0v) is 11.5. The van der Waals surface area contributed by atoms with Crippen molar-refractivity contribution in [2.45, 2.75) is 12.5 Å². The molecule has 8 heteroatoms. The largest absolute Gasteiger partial charge is 0.469 e. The standard InChI is InChI=1S/C13H15FN2O5/c1-20-12(17)7-9-8-15(5-6-21-9)11-4-2-3-10(14)13(11)16(18)19/h2-4,9H,5-8H2,1H3. The zero-order valence-electron chi connectivity index (χ0n) is 11.5. The number of hydrogen-bond donors (Lipinski definition) is 0. The number of carbonyl (C=O) groups is 1. The van der Waals surface area contributed by atoms with E-state index in [0.717, 1.165) is 6.07 Å². The highest BCUT2D eigenvalue weighted by Crippen LogP contribution is 2.32. The van der Waals surface area contributed by atoms with Gasteiger partial charge in [0.1, 0.15) is 5.69 Å². The zero-order chi connectivity index (χ0) is 15.4. The Bertz CT molecular complexity index is 551. The van der Waals surface area contributed by atoms with Crippen LogP contribution in [0.25, 0.3) is 0 Å². The van der Waals surface area contributed by atoms with Crippen LogP contribution in [0.4, 0.5) is 15.8 Å². The molecule has 0 aliphatic carbocycles. The molecule has 0 amide bonds. The molecular formula is C13H15FN2O5. The molecule has 1 aromatic carbocycles. The minimum absolute atomic E-state index is 0.0517. The molecule has 0 spiro atoms. The average molecular weight is 298 g/mol. The van der Waals surface area contributed by atoms with Gasteiger partial charge >= 0.3 is 11.7 Å². The van der Waals surface area contributed by atoms with E-state index in [9.17, 15) is 19.3 Å². The summed E-state index contributed by atoms with van der Waals surface area (Å²) in [6.07, 6.45) is -0.384. The van der Waals surface area contributed by atoms with Crippen LogP contribution in [-0.2, 0) is 14.3 Å². The molecule has 1 aliphatic heterocycles. The Morgan fingerprint density at radius 1 is 1.62 bits per heavy atom. The predicted octanol–water partition coefficient (Wildman–Crippen LogP) is 1.50. The van der Waals surface area contributed by atoms with Crippen LogP contribution >= 0.6 is 0 Å². The monoisotopic (exact) mass is 298 g/mol. The average Bonchev–Trinajstić information content (AvgIpc) is 2.46. The van der Waals surface area contributed by atoms with E-state index in [2.05, 4.69) is 4.74 Å². The molecule has 1 saturated heterocycles. The summed E-state index contributed by atoms with van der Waals surface area (Å²) in [5.74, 6) is -1.30. The van der Waals surface area contributed by atoms with Crippen LogP contribution in [0.15, 0.2) is 18.2 Å². The molecule has 7 nitrogen and oxygen atoms in total. The Balaban J connectivity index is 2.20. The van der Waals surface area contributed by atoms with Crippen LogP contribution < -0.4 is 4.90 Å². The van der Waals surface area contributed by atoms with Gasteiger partial charge in [0.15, 0.2) is 0 Å². The van der Waals surface area contributed by atoms with Gasteiger partial charge in [0.25, 0.3) is 0 Å². The van der Waals surface area contributed by atoms with Crippen molar-refractivity contribution in [3.8, 4) is 0 Å². The number of anilines is 1.